The van der Waals surface area contributed by atoms with E-state index in [9.17, 15) is 18.3 Å². The van der Waals surface area contributed by atoms with Crippen LogP contribution in [0.25, 0.3) is 0 Å². The van der Waals surface area contributed by atoms with Crippen LogP contribution in [0.15, 0.2) is 23.1 Å². The molecule has 3 N–H and O–H groups in total. The highest BCUT2D eigenvalue weighted by Crippen LogP contribution is 2.22. The Morgan fingerprint density at radius 2 is 2.00 bits per heavy atom. The summed E-state index contributed by atoms with van der Waals surface area (Å²) in [5.74, 6) is -1.47. The van der Waals surface area contributed by atoms with Crippen molar-refractivity contribution in [2.45, 2.75) is 30.9 Å². The second-order valence-electron chi connectivity index (χ2n) is 4.11. The number of sulfonamides is 1. The number of aliphatic hydroxyl groups excluding tert-OH is 1. The van der Waals surface area contributed by atoms with Gasteiger partial charge in [-0.25, -0.2) is 8.42 Å². The molecule has 0 saturated carbocycles. The molecule has 0 unspecified atom stereocenters. The summed E-state index contributed by atoms with van der Waals surface area (Å²) in [4.78, 5) is 10.6. The quantitative estimate of drug-likeness (QED) is 0.745. The number of aliphatic carboxylic acids is 1. The second-order valence-corrected chi connectivity index (χ2v) is 6.20. The van der Waals surface area contributed by atoms with Crippen molar-refractivity contribution in [3.8, 4) is 0 Å². The summed E-state index contributed by atoms with van der Waals surface area (Å²) in [5, 5.41) is 18.1. The molecule has 0 aromatic heterocycles. The average Bonchev–Trinajstić information content (AvgIpc) is 2.24. The van der Waals surface area contributed by atoms with Crippen LogP contribution in [0, 0.1) is 6.92 Å². The monoisotopic (exact) mass is 307 g/mol. The number of carboxylic acid groups (broad SMARTS) is 1. The van der Waals surface area contributed by atoms with Gasteiger partial charge in [0.2, 0.25) is 10.0 Å². The van der Waals surface area contributed by atoms with Crippen LogP contribution in [0.3, 0.4) is 0 Å². The van der Waals surface area contributed by atoms with Gasteiger partial charge in [0.1, 0.15) is 10.9 Å². The molecule has 8 heteroatoms. The van der Waals surface area contributed by atoms with E-state index < -0.39 is 28.1 Å². The minimum Gasteiger partial charge on any atom is -0.480 e. The fourth-order valence-electron chi connectivity index (χ4n) is 1.41. The number of benzene rings is 1. The number of carboxylic acids is 1. The van der Waals surface area contributed by atoms with Gasteiger partial charge in [0, 0.05) is 0 Å². The summed E-state index contributed by atoms with van der Waals surface area (Å²) in [5.41, 5.74) is 0.772. The van der Waals surface area contributed by atoms with Crippen LogP contribution < -0.4 is 4.72 Å². The van der Waals surface area contributed by atoms with Gasteiger partial charge in [-0.2, -0.15) is 4.72 Å². The van der Waals surface area contributed by atoms with Gasteiger partial charge in [-0.15, -0.1) is 0 Å². The number of hydrogen-bond acceptors (Lipinski definition) is 4. The first-order valence-corrected chi connectivity index (χ1v) is 7.20. The van der Waals surface area contributed by atoms with Gasteiger partial charge in [0.05, 0.1) is 11.1 Å². The van der Waals surface area contributed by atoms with Gasteiger partial charge in [-0.3, -0.25) is 4.79 Å². The zero-order valence-corrected chi connectivity index (χ0v) is 11.9. The molecule has 19 heavy (non-hydrogen) atoms. The van der Waals surface area contributed by atoms with Crippen molar-refractivity contribution in [3.05, 3.63) is 28.8 Å². The highest BCUT2D eigenvalue weighted by molar-refractivity contribution is 7.89. The van der Waals surface area contributed by atoms with E-state index in [4.69, 9.17) is 16.7 Å². The van der Waals surface area contributed by atoms with E-state index in [0.717, 1.165) is 5.56 Å². The lowest BCUT2D eigenvalue weighted by Gasteiger charge is -2.17. The molecule has 0 saturated heterocycles. The molecule has 6 nitrogen and oxygen atoms in total. The molecule has 1 aromatic rings. The number of rotatable bonds is 5. The molecule has 1 aromatic carbocycles. The molecule has 0 bridgehead atoms. The standard InChI is InChI=1S/C11H14ClNO5S/c1-6-3-4-9(8(12)5-6)19(17,18)13-10(7(2)14)11(15)16/h3-5,7,10,13-14H,1-2H3,(H,15,16)/t7-,10+/m1/s1. The van der Waals surface area contributed by atoms with Gasteiger partial charge in [0.25, 0.3) is 0 Å². The maximum atomic E-state index is 12.0. The second kappa shape index (κ2) is 5.87. The summed E-state index contributed by atoms with van der Waals surface area (Å²) in [6, 6.07) is 2.63. The van der Waals surface area contributed by atoms with Crippen LogP contribution >= 0.6 is 11.6 Å². The van der Waals surface area contributed by atoms with E-state index in [0.29, 0.717) is 0 Å². The Balaban J connectivity index is 3.14. The topological polar surface area (TPSA) is 104 Å². The third kappa shape index (κ3) is 3.90. The number of halogens is 1. The minimum absolute atomic E-state index is 0.0118. The van der Waals surface area contributed by atoms with E-state index in [1.807, 2.05) is 4.72 Å². The van der Waals surface area contributed by atoms with Crippen molar-refractivity contribution in [3.63, 3.8) is 0 Å². The number of aliphatic hydroxyl groups is 1. The highest BCUT2D eigenvalue weighted by atomic mass is 35.5. The molecule has 0 heterocycles. The first-order valence-electron chi connectivity index (χ1n) is 5.34. The van der Waals surface area contributed by atoms with Gasteiger partial charge in [-0.1, -0.05) is 17.7 Å². The van der Waals surface area contributed by atoms with Gasteiger partial charge >= 0.3 is 5.97 Å². The van der Waals surface area contributed by atoms with E-state index in [1.54, 1.807) is 13.0 Å². The Hall–Kier alpha value is -1.15. The van der Waals surface area contributed by atoms with Crippen molar-refractivity contribution < 1.29 is 23.4 Å². The van der Waals surface area contributed by atoms with E-state index >= 15 is 0 Å². The zero-order valence-electron chi connectivity index (χ0n) is 10.3. The lowest BCUT2D eigenvalue weighted by Crippen LogP contribution is -2.47. The van der Waals surface area contributed by atoms with Crippen molar-refractivity contribution in [2.75, 3.05) is 0 Å². The Kier molecular flexibility index (Phi) is 4.92. The minimum atomic E-state index is -4.12. The fraction of sp³-hybridized carbons (Fsp3) is 0.364. The third-order valence-corrected chi connectivity index (χ3v) is 4.33. The molecule has 0 aliphatic heterocycles. The highest BCUT2D eigenvalue weighted by Gasteiger charge is 2.30. The van der Waals surface area contributed by atoms with Gasteiger partial charge < -0.3 is 10.2 Å². The molecular weight excluding hydrogens is 294 g/mol. The summed E-state index contributed by atoms with van der Waals surface area (Å²) in [6.07, 6.45) is -1.38. The van der Waals surface area contributed by atoms with Crippen molar-refractivity contribution in [1.82, 2.24) is 4.72 Å². The number of hydrogen-bond donors (Lipinski definition) is 3. The first kappa shape index (κ1) is 15.9. The average molecular weight is 308 g/mol. The van der Waals surface area contributed by atoms with Crippen molar-refractivity contribution in [1.29, 1.82) is 0 Å². The van der Waals surface area contributed by atoms with Crippen molar-refractivity contribution >= 4 is 27.6 Å². The Bertz CT molecular complexity index is 585. The first-order chi connectivity index (χ1) is 8.65. The molecule has 1 rings (SSSR count). The molecule has 0 spiro atoms. The van der Waals surface area contributed by atoms with E-state index in [2.05, 4.69) is 0 Å². The van der Waals surface area contributed by atoms with Crippen LogP contribution in [0.4, 0.5) is 0 Å². The molecule has 0 aliphatic carbocycles. The molecule has 2 atom stereocenters. The number of nitrogens with one attached hydrogen (secondary N) is 1. The van der Waals surface area contributed by atoms with Crippen LogP contribution in [-0.2, 0) is 14.8 Å². The summed E-state index contributed by atoms with van der Waals surface area (Å²) in [6.45, 7) is 2.92. The maximum absolute atomic E-state index is 12.0. The number of aryl methyl sites for hydroxylation is 1. The Morgan fingerprint density at radius 1 is 1.42 bits per heavy atom. The van der Waals surface area contributed by atoms with Crippen LogP contribution in [-0.4, -0.2) is 36.7 Å². The lowest BCUT2D eigenvalue weighted by atomic mass is 10.2. The predicted octanol–water partition coefficient (Wildman–Crippen LogP) is 0.761. The van der Waals surface area contributed by atoms with Crippen molar-refractivity contribution in [2.24, 2.45) is 0 Å². The predicted molar refractivity (Wildman–Crippen MR) is 69.6 cm³/mol. The Morgan fingerprint density at radius 3 is 2.42 bits per heavy atom. The summed E-state index contributed by atoms with van der Waals surface area (Å²) >= 11 is 5.83. The lowest BCUT2D eigenvalue weighted by molar-refractivity contribution is -0.141. The molecule has 0 fully saturated rings. The fourth-order valence-corrected chi connectivity index (χ4v) is 3.27. The SMILES string of the molecule is Cc1ccc(S(=O)(=O)N[C@H](C(=O)O)[C@@H](C)O)c(Cl)c1. The molecular formula is C11H14ClNO5S. The third-order valence-electron chi connectivity index (χ3n) is 2.41. The summed E-state index contributed by atoms with van der Waals surface area (Å²) in [7, 11) is -4.12. The largest absolute Gasteiger partial charge is 0.480 e. The van der Waals surface area contributed by atoms with Crippen LogP contribution in [0.5, 0.6) is 0 Å². The van der Waals surface area contributed by atoms with Crippen LogP contribution in [0.2, 0.25) is 5.02 Å². The van der Waals surface area contributed by atoms with E-state index in [-0.39, 0.29) is 9.92 Å². The molecule has 0 amide bonds. The molecule has 106 valence electrons. The number of carbonyl (C=O) groups is 1. The maximum Gasteiger partial charge on any atom is 0.324 e. The van der Waals surface area contributed by atoms with E-state index in [1.165, 1.54) is 19.1 Å². The van der Waals surface area contributed by atoms with Crippen LogP contribution in [0.1, 0.15) is 12.5 Å². The molecule has 0 aliphatic rings. The van der Waals surface area contributed by atoms with Gasteiger partial charge in [0.15, 0.2) is 0 Å². The zero-order chi connectivity index (χ0) is 14.8. The van der Waals surface area contributed by atoms with Gasteiger partial charge in [-0.05, 0) is 31.5 Å². The normalized spacial score (nSPS) is 14.9. The smallest absolute Gasteiger partial charge is 0.324 e. The molecule has 0 radical (unpaired) electrons. The Labute approximate surface area is 116 Å². The summed E-state index contributed by atoms with van der Waals surface area (Å²) < 4.78 is 25.9.